The van der Waals surface area contributed by atoms with E-state index in [4.69, 9.17) is 35.0 Å². The fourth-order valence-corrected chi connectivity index (χ4v) is 2.42. The normalized spacial score (nSPS) is 15.2. The van der Waals surface area contributed by atoms with Crippen molar-refractivity contribution in [1.82, 2.24) is 10.2 Å². The molecule has 0 spiro atoms. The van der Waals surface area contributed by atoms with E-state index in [1.807, 2.05) is 0 Å². The molecule has 1 aromatic carbocycles. The second kappa shape index (κ2) is 7.81. The van der Waals surface area contributed by atoms with Crippen molar-refractivity contribution >= 4 is 46.9 Å². The number of rotatable bonds is 5. The number of nitrogens with zero attached hydrogens (tertiary/aromatic N) is 1. The van der Waals surface area contributed by atoms with Crippen LogP contribution in [0.25, 0.3) is 6.08 Å². The highest BCUT2D eigenvalue weighted by molar-refractivity contribution is 7.80. The fourth-order valence-electron chi connectivity index (χ4n) is 1.92. The number of methoxy groups -OCH3 is 1. The Morgan fingerprint density at radius 1 is 1.54 bits per heavy atom. The Kier molecular flexibility index (Phi) is 5.79. The minimum absolute atomic E-state index is 0.108. The van der Waals surface area contributed by atoms with Gasteiger partial charge in [-0.1, -0.05) is 23.6 Å². The van der Waals surface area contributed by atoms with Crippen LogP contribution in [0.3, 0.4) is 0 Å². The Bertz CT molecular complexity index is 770. The zero-order valence-corrected chi connectivity index (χ0v) is 14.2. The molecular formula is C16H13ClN2O4S. The van der Waals surface area contributed by atoms with Crippen molar-refractivity contribution in [2.24, 2.45) is 0 Å². The van der Waals surface area contributed by atoms with E-state index in [0.29, 0.717) is 16.3 Å². The summed E-state index contributed by atoms with van der Waals surface area (Å²) in [5.74, 6) is 1.81. The van der Waals surface area contributed by atoms with Crippen LogP contribution in [0.4, 0.5) is 0 Å². The summed E-state index contributed by atoms with van der Waals surface area (Å²) in [6.45, 7) is -0.144. The third kappa shape index (κ3) is 4.04. The molecule has 0 unspecified atom stereocenters. The number of esters is 1. The molecule has 1 saturated heterocycles. The van der Waals surface area contributed by atoms with Gasteiger partial charge in [-0.2, -0.15) is 0 Å². The zero-order chi connectivity index (χ0) is 17.7. The van der Waals surface area contributed by atoms with Gasteiger partial charge in [-0.3, -0.25) is 14.5 Å². The van der Waals surface area contributed by atoms with Gasteiger partial charge in [-0.05, 0) is 36.0 Å². The molecule has 0 aromatic heterocycles. The number of benzene rings is 1. The van der Waals surface area contributed by atoms with Crippen LogP contribution >= 0.6 is 23.8 Å². The summed E-state index contributed by atoms with van der Waals surface area (Å²) >= 11 is 11.2. The zero-order valence-electron chi connectivity index (χ0n) is 12.7. The molecule has 0 bridgehead atoms. The molecule has 1 heterocycles. The van der Waals surface area contributed by atoms with Crippen LogP contribution in [0.15, 0.2) is 23.9 Å². The van der Waals surface area contributed by atoms with Crippen LogP contribution in [0.2, 0.25) is 5.02 Å². The number of amides is 1. The maximum absolute atomic E-state index is 12.3. The first-order valence-corrected chi connectivity index (χ1v) is 7.52. The minimum Gasteiger partial charge on any atom is -0.479 e. The lowest BCUT2D eigenvalue weighted by Gasteiger charge is -2.11. The van der Waals surface area contributed by atoms with Gasteiger partial charge in [0, 0.05) is 0 Å². The van der Waals surface area contributed by atoms with Crippen LogP contribution < -0.4 is 10.1 Å². The van der Waals surface area contributed by atoms with Crippen LogP contribution in [0.5, 0.6) is 5.75 Å². The number of ether oxygens (including phenoxy) is 2. The summed E-state index contributed by atoms with van der Waals surface area (Å²) < 4.78 is 9.81. The Labute approximate surface area is 149 Å². The molecule has 8 heteroatoms. The van der Waals surface area contributed by atoms with E-state index in [2.05, 4.69) is 16.0 Å². The second-order valence-corrected chi connectivity index (χ2v) is 5.43. The third-order valence-electron chi connectivity index (χ3n) is 3.06. The Hall–Kier alpha value is -2.56. The van der Waals surface area contributed by atoms with Crippen LogP contribution in [0, 0.1) is 12.3 Å². The number of thiocarbonyl (C=S) groups is 1. The molecule has 0 aliphatic carbocycles. The number of nitrogens with one attached hydrogen (secondary N) is 1. The van der Waals surface area contributed by atoms with Gasteiger partial charge in [0.2, 0.25) is 0 Å². The highest BCUT2D eigenvalue weighted by Crippen LogP contribution is 2.26. The van der Waals surface area contributed by atoms with Crippen molar-refractivity contribution < 1.29 is 19.1 Å². The summed E-state index contributed by atoms with van der Waals surface area (Å²) in [5, 5.41) is 3.26. The van der Waals surface area contributed by atoms with Crippen molar-refractivity contribution in [3.63, 3.8) is 0 Å². The monoisotopic (exact) mass is 364 g/mol. The van der Waals surface area contributed by atoms with E-state index < -0.39 is 11.9 Å². The average Bonchev–Trinajstić information content (AvgIpc) is 2.81. The van der Waals surface area contributed by atoms with Crippen molar-refractivity contribution in [1.29, 1.82) is 0 Å². The highest BCUT2D eigenvalue weighted by atomic mass is 35.5. The van der Waals surface area contributed by atoms with Gasteiger partial charge in [0.15, 0.2) is 5.11 Å². The second-order valence-electron chi connectivity index (χ2n) is 4.64. The van der Waals surface area contributed by atoms with Gasteiger partial charge in [0.05, 0.1) is 12.1 Å². The quantitative estimate of drug-likeness (QED) is 0.370. The molecule has 124 valence electrons. The first-order valence-electron chi connectivity index (χ1n) is 6.73. The van der Waals surface area contributed by atoms with Gasteiger partial charge in [-0.25, -0.2) is 0 Å². The van der Waals surface area contributed by atoms with Crippen LogP contribution in [-0.4, -0.2) is 42.2 Å². The SMILES string of the molecule is C#CCOc1ccc(/C=C2\NC(=S)N(CC(=O)OC)C2=O)cc1Cl. The number of carbonyl (C=O) groups is 2. The summed E-state index contributed by atoms with van der Waals surface area (Å²) in [6.07, 6.45) is 6.70. The molecule has 0 saturated carbocycles. The van der Waals surface area contributed by atoms with Gasteiger partial charge < -0.3 is 14.8 Å². The molecule has 1 amide bonds. The largest absolute Gasteiger partial charge is 0.479 e. The van der Waals surface area contributed by atoms with Crippen LogP contribution in [-0.2, 0) is 14.3 Å². The number of carbonyl (C=O) groups excluding carboxylic acids is 2. The third-order valence-corrected chi connectivity index (χ3v) is 3.67. The fraction of sp³-hybridized carbons (Fsp3) is 0.188. The van der Waals surface area contributed by atoms with E-state index in [1.54, 1.807) is 24.3 Å². The maximum atomic E-state index is 12.3. The van der Waals surface area contributed by atoms with Crippen molar-refractivity contribution in [3.8, 4) is 18.1 Å². The first-order chi connectivity index (χ1) is 11.5. The maximum Gasteiger partial charge on any atom is 0.325 e. The Morgan fingerprint density at radius 2 is 2.29 bits per heavy atom. The summed E-state index contributed by atoms with van der Waals surface area (Å²) in [5.41, 5.74) is 0.892. The predicted octanol–water partition coefficient (Wildman–Crippen LogP) is 1.58. The molecule has 1 aliphatic rings. The minimum atomic E-state index is -0.563. The topological polar surface area (TPSA) is 67.9 Å². The lowest BCUT2D eigenvalue weighted by atomic mass is 10.2. The molecule has 0 radical (unpaired) electrons. The summed E-state index contributed by atoms with van der Waals surface area (Å²) in [7, 11) is 1.24. The first kappa shape index (κ1) is 17.8. The smallest absolute Gasteiger partial charge is 0.325 e. The lowest BCUT2D eigenvalue weighted by molar-refractivity contribution is -0.143. The molecule has 24 heavy (non-hydrogen) atoms. The number of terminal acetylenes is 1. The molecular weight excluding hydrogens is 352 g/mol. The van der Waals surface area contributed by atoms with Gasteiger partial charge >= 0.3 is 5.97 Å². The van der Waals surface area contributed by atoms with E-state index >= 15 is 0 Å². The van der Waals surface area contributed by atoms with Crippen molar-refractivity contribution in [2.75, 3.05) is 20.3 Å². The standard InChI is InChI=1S/C16H13ClN2O4S/c1-3-6-23-13-5-4-10(7-11(13)17)8-12-15(21)19(16(24)18-12)9-14(20)22-2/h1,4-5,7-8H,6,9H2,2H3,(H,18,24)/b12-8-. The lowest BCUT2D eigenvalue weighted by Crippen LogP contribution is -2.35. The summed E-state index contributed by atoms with van der Waals surface area (Å²) in [6, 6.07) is 4.99. The van der Waals surface area contributed by atoms with E-state index in [9.17, 15) is 9.59 Å². The number of hydrogen-bond donors (Lipinski definition) is 1. The number of halogens is 1. The highest BCUT2D eigenvalue weighted by Gasteiger charge is 2.32. The molecule has 1 aliphatic heterocycles. The Balaban J connectivity index is 2.18. The molecule has 1 N–H and O–H groups in total. The predicted molar refractivity (Wildman–Crippen MR) is 93.2 cm³/mol. The average molecular weight is 365 g/mol. The van der Waals surface area contributed by atoms with Crippen LogP contribution in [0.1, 0.15) is 5.56 Å². The number of hydrogen-bond acceptors (Lipinski definition) is 5. The molecule has 2 rings (SSSR count). The molecule has 6 nitrogen and oxygen atoms in total. The molecule has 1 fully saturated rings. The van der Waals surface area contributed by atoms with Gasteiger partial charge in [0.1, 0.15) is 24.6 Å². The Morgan fingerprint density at radius 3 is 2.92 bits per heavy atom. The van der Waals surface area contributed by atoms with E-state index in [-0.39, 0.29) is 24.0 Å². The summed E-state index contributed by atoms with van der Waals surface area (Å²) in [4.78, 5) is 24.7. The van der Waals surface area contributed by atoms with Gasteiger partial charge in [0.25, 0.3) is 5.91 Å². The van der Waals surface area contributed by atoms with Crippen molar-refractivity contribution in [2.45, 2.75) is 0 Å². The van der Waals surface area contributed by atoms with Gasteiger partial charge in [-0.15, -0.1) is 6.42 Å². The van der Waals surface area contributed by atoms with E-state index in [0.717, 1.165) is 4.90 Å². The molecule has 1 aromatic rings. The molecule has 0 atom stereocenters. The van der Waals surface area contributed by atoms with Crippen molar-refractivity contribution in [3.05, 3.63) is 34.5 Å². The van der Waals surface area contributed by atoms with E-state index in [1.165, 1.54) is 7.11 Å².